The summed E-state index contributed by atoms with van der Waals surface area (Å²) in [4.78, 5) is 16.8. The molecule has 0 unspecified atom stereocenters. The molecule has 2 aromatic heterocycles. The summed E-state index contributed by atoms with van der Waals surface area (Å²) in [7, 11) is 0. The van der Waals surface area contributed by atoms with Gasteiger partial charge in [0.2, 0.25) is 0 Å². The van der Waals surface area contributed by atoms with E-state index in [1.165, 1.54) is 19.3 Å². The molecular formula is C22H33N5O. The Labute approximate surface area is 168 Å². The lowest BCUT2D eigenvalue weighted by Gasteiger charge is -2.27. The summed E-state index contributed by atoms with van der Waals surface area (Å²) in [5.41, 5.74) is 1.80. The number of anilines is 1. The first-order valence-electron chi connectivity index (χ1n) is 10.7. The molecule has 0 atom stereocenters. The molecule has 0 aliphatic carbocycles. The number of imidazole rings is 1. The van der Waals surface area contributed by atoms with Crippen molar-refractivity contribution in [3.05, 3.63) is 24.4 Å². The zero-order valence-corrected chi connectivity index (χ0v) is 17.5. The van der Waals surface area contributed by atoms with Crippen molar-refractivity contribution in [2.45, 2.75) is 64.8 Å². The minimum Gasteiger partial charge on any atom is -0.381 e. The maximum atomic E-state index is 5.53. The quantitative estimate of drug-likeness (QED) is 0.797. The fourth-order valence-corrected chi connectivity index (χ4v) is 4.24. The molecule has 28 heavy (non-hydrogen) atoms. The van der Waals surface area contributed by atoms with Gasteiger partial charge in [-0.3, -0.25) is 4.98 Å². The van der Waals surface area contributed by atoms with E-state index < -0.39 is 0 Å². The molecule has 0 spiro atoms. The lowest BCUT2D eigenvalue weighted by molar-refractivity contribution is 0.0608. The predicted octanol–water partition coefficient (Wildman–Crippen LogP) is 4.05. The van der Waals surface area contributed by atoms with Crippen LogP contribution in [0, 0.1) is 5.92 Å². The first kappa shape index (κ1) is 19.4. The Morgan fingerprint density at radius 1 is 1.00 bits per heavy atom. The van der Waals surface area contributed by atoms with Gasteiger partial charge >= 0.3 is 0 Å². The largest absolute Gasteiger partial charge is 0.381 e. The van der Waals surface area contributed by atoms with Gasteiger partial charge in [-0.05, 0) is 38.0 Å². The Bertz CT molecular complexity index is 782. The standard InChI is InChI=1S/C22H33N5O/c1-22(2,3)21-25-19(16-27(21)15-17-7-11-28-12-8-17)18-13-23-14-20(24-18)26-9-5-4-6-10-26/h13-14,16-17H,4-12,15H2,1-3H3. The van der Waals surface area contributed by atoms with Crippen molar-refractivity contribution < 1.29 is 4.74 Å². The Balaban J connectivity index is 1.62. The Hall–Kier alpha value is -1.95. The SMILES string of the molecule is CC(C)(C)c1nc(-c2cncc(N3CCCCC3)n2)cn1CC1CCOCC1. The van der Waals surface area contributed by atoms with Gasteiger partial charge in [0, 0.05) is 44.5 Å². The minimum atomic E-state index is -0.0126. The lowest BCUT2D eigenvalue weighted by Crippen LogP contribution is -2.30. The number of nitrogens with zero attached hydrogens (tertiary/aromatic N) is 5. The molecule has 0 radical (unpaired) electrons. The molecule has 4 rings (SSSR count). The van der Waals surface area contributed by atoms with E-state index in [-0.39, 0.29) is 5.41 Å². The summed E-state index contributed by atoms with van der Waals surface area (Å²) in [6.45, 7) is 11.6. The molecule has 152 valence electrons. The monoisotopic (exact) mass is 383 g/mol. The van der Waals surface area contributed by atoms with Crippen LogP contribution in [0.25, 0.3) is 11.4 Å². The van der Waals surface area contributed by atoms with E-state index in [2.05, 4.69) is 41.4 Å². The molecule has 2 aromatic rings. The van der Waals surface area contributed by atoms with Crippen LogP contribution in [0.1, 0.15) is 58.7 Å². The summed E-state index contributed by atoms with van der Waals surface area (Å²) in [6.07, 6.45) is 12.0. The summed E-state index contributed by atoms with van der Waals surface area (Å²) in [6, 6.07) is 0. The number of rotatable bonds is 4. The maximum absolute atomic E-state index is 5.53. The van der Waals surface area contributed by atoms with Gasteiger partial charge in [0.15, 0.2) is 0 Å². The summed E-state index contributed by atoms with van der Waals surface area (Å²) in [5, 5.41) is 0. The number of piperidine rings is 1. The topological polar surface area (TPSA) is 56.1 Å². The van der Waals surface area contributed by atoms with Gasteiger partial charge in [0.1, 0.15) is 23.0 Å². The molecule has 0 amide bonds. The third-order valence-corrected chi connectivity index (χ3v) is 5.81. The van der Waals surface area contributed by atoms with Crippen LogP contribution in [0.5, 0.6) is 0 Å². The van der Waals surface area contributed by atoms with Gasteiger partial charge in [-0.25, -0.2) is 9.97 Å². The number of ether oxygens (including phenoxy) is 1. The first-order chi connectivity index (χ1) is 13.5. The highest BCUT2D eigenvalue weighted by Gasteiger charge is 2.25. The second kappa shape index (κ2) is 8.19. The second-order valence-electron chi connectivity index (χ2n) is 9.22. The molecule has 4 heterocycles. The van der Waals surface area contributed by atoms with Gasteiger partial charge in [-0.1, -0.05) is 20.8 Å². The van der Waals surface area contributed by atoms with Gasteiger partial charge < -0.3 is 14.2 Å². The van der Waals surface area contributed by atoms with Crippen molar-refractivity contribution >= 4 is 5.82 Å². The average molecular weight is 384 g/mol. The van der Waals surface area contributed by atoms with Gasteiger partial charge in [0.05, 0.1) is 12.4 Å². The van der Waals surface area contributed by atoms with Crippen molar-refractivity contribution in [1.82, 2.24) is 19.5 Å². The molecule has 0 N–H and O–H groups in total. The van der Waals surface area contributed by atoms with Crippen LogP contribution in [0.15, 0.2) is 18.6 Å². The summed E-state index contributed by atoms with van der Waals surface area (Å²) < 4.78 is 7.88. The fraction of sp³-hybridized carbons (Fsp3) is 0.682. The molecule has 0 aromatic carbocycles. The van der Waals surface area contributed by atoms with Gasteiger partial charge in [0.25, 0.3) is 0 Å². The van der Waals surface area contributed by atoms with Crippen molar-refractivity contribution in [3.8, 4) is 11.4 Å². The molecule has 6 nitrogen and oxygen atoms in total. The highest BCUT2D eigenvalue weighted by Crippen LogP contribution is 2.29. The lowest BCUT2D eigenvalue weighted by atomic mass is 9.94. The van der Waals surface area contributed by atoms with Crippen LogP contribution < -0.4 is 4.90 Å². The Morgan fingerprint density at radius 2 is 1.75 bits per heavy atom. The number of aromatic nitrogens is 4. The molecule has 0 saturated carbocycles. The van der Waals surface area contributed by atoms with Crippen molar-refractivity contribution in [3.63, 3.8) is 0 Å². The van der Waals surface area contributed by atoms with E-state index >= 15 is 0 Å². The van der Waals surface area contributed by atoms with Crippen LogP contribution in [0.4, 0.5) is 5.82 Å². The Morgan fingerprint density at radius 3 is 2.46 bits per heavy atom. The predicted molar refractivity (Wildman–Crippen MR) is 112 cm³/mol. The molecule has 2 aliphatic heterocycles. The average Bonchev–Trinajstić information content (AvgIpc) is 3.14. The van der Waals surface area contributed by atoms with Gasteiger partial charge in [-0.15, -0.1) is 0 Å². The third kappa shape index (κ3) is 4.37. The first-order valence-corrected chi connectivity index (χ1v) is 10.7. The molecule has 2 fully saturated rings. The van der Waals surface area contributed by atoms with E-state index in [0.717, 1.165) is 68.7 Å². The van der Waals surface area contributed by atoms with E-state index in [1.807, 2.05) is 12.4 Å². The van der Waals surface area contributed by atoms with Crippen molar-refractivity contribution in [2.75, 3.05) is 31.2 Å². The van der Waals surface area contributed by atoms with E-state index in [9.17, 15) is 0 Å². The molecular weight excluding hydrogens is 350 g/mol. The van der Waals surface area contributed by atoms with Crippen molar-refractivity contribution in [2.24, 2.45) is 5.92 Å². The second-order valence-corrected chi connectivity index (χ2v) is 9.22. The van der Waals surface area contributed by atoms with Crippen LogP contribution in [-0.4, -0.2) is 45.8 Å². The van der Waals surface area contributed by atoms with E-state index in [1.54, 1.807) is 0 Å². The molecule has 6 heteroatoms. The van der Waals surface area contributed by atoms with Crippen LogP contribution in [0.2, 0.25) is 0 Å². The Kier molecular flexibility index (Phi) is 5.67. The number of hydrogen-bond acceptors (Lipinski definition) is 5. The smallest absolute Gasteiger partial charge is 0.147 e. The highest BCUT2D eigenvalue weighted by atomic mass is 16.5. The van der Waals surface area contributed by atoms with Crippen LogP contribution in [0.3, 0.4) is 0 Å². The van der Waals surface area contributed by atoms with E-state index in [4.69, 9.17) is 14.7 Å². The highest BCUT2D eigenvalue weighted by molar-refractivity contribution is 5.55. The zero-order valence-electron chi connectivity index (χ0n) is 17.5. The normalized spacial score (nSPS) is 19.2. The maximum Gasteiger partial charge on any atom is 0.147 e. The van der Waals surface area contributed by atoms with Gasteiger partial charge in [-0.2, -0.15) is 0 Å². The number of hydrogen-bond donors (Lipinski definition) is 0. The molecule has 2 aliphatic rings. The summed E-state index contributed by atoms with van der Waals surface area (Å²) >= 11 is 0. The van der Waals surface area contributed by atoms with Crippen LogP contribution >= 0.6 is 0 Å². The molecule has 2 saturated heterocycles. The van der Waals surface area contributed by atoms with E-state index in [0.29, 0.717) is 5.92 Å². The van der Waals surface area contributed by atoms with Crippen LogP contribution in [-0.2, 0) is 16.7 Å². The fourth-order valence-electron chi connectivity index (χ4n) is 4.24. The summed E-state index contributed by atoms with van der Waals surface area (Å²) in [5.74, 6) is 2.76. The third-order valence-electron chi connectivity index (χ3n) is 5.81. The molecule has 0 bridgehead atoms. The van der Waals surface area contributed by atoms with Crippen molar-refractivity contribution in [1.29, 1.82) is 0 Å². The minimum absolute atomic E-state index is 0.0126. The zero-order chi connectivity index (χ0) is 19.6.